The smallest absolute Gasteiger partial charge is 0.304 e. The Hall–Kier alpha value is -4.08. The number of ether oxygens (including phenoxy) is 1. The van der Waals surface area contributed by atoms with E-state index in [1.807, 2.05) is 12.1 Å². The number of carbonyl (C=O) groups is 2. The van der Waals surface area contributed by atoms with E-state index in [0.717, 1.165) is 37.0 Å². The summed E-state index contributed by atoms with van der Waals surface area (Å²) in [6.45, 7) is 3.70. The van der Waals surface area contributed by atoms with Crippen molar-refractivity contribution in [1.29, 1.82) is 0 Å². The first kappa shape index (κ1) is 27.5. The average molecular weight is 544 g/mol. The number of quaternary nitrogens is 1. The number of para-hydroxylation sites is 1. The predicted octanol–water partition coefficient (Wildman–Crippen LogP) is 3.17. The van der Waals surface area contributed by atoms with E-state index in [-0.39, 0.29) is 23.3 Å². The van der Waals surface area contributed by atoms with E-state index in [0.29, 0.717) is 30.6 Å². The van der Waals surface area contributed by atoms with E-state index in [2.05, 4.69) is 5.32 Å². The van der Waals surface area contributed by atoms with Crippen LogP contribution in [0, 0.1) is 16.0 Å². The van der Waals surface area contributed by atoms with E-state index in [9.17, 15) is 24.8 Å². The molecule has 9 heteroatoms. The molecule has 0 saturated carbocycles. The van der Waals surface area contributed by atoms with Gasteiger partial charge in [0.2, 0.25) is 0 Å². The highest BCUT2D eigenvalue weighted by Gasteiger charge is 2.48. The van der Waals surface area contributed by atoms with Gasteiger partial charge < -0.3 is 19.6 Å². The summed E-state index contributed by atoms with van der Waals surface area (Å²) < 4.78 is 6.82. The van der Waals surface area contributed by atoms with Crippen molar-refractivity contribution in [1.82, 2.24) is 5.32 Å². The van der Waals surface area contributed by atoms with Crippen molar-refractivity contribution in [3.8, 4) is 0 Å². The van der Waals surface area contributed by atoms with Crippen LogP contribution in [-0.4, -0.2) is 60.1 Å². The molecular weight excluding hydrogens is 510 g/mol. The SMILES string of the molecule is O=C(NCCC[N+]12CCC(CC1)C(OC(=O)C([O-])(c1ccccc1)c1ccccc1)C2)c1ccccc1[N+](=O)[O-]. The number of nitro benzene ring substituents is 1. The van der Waals surface area contributed by atoms with E-state index in [4.69, 9.17) is 4.74 Å². The molecule has 3 heterocycles. The standard InChI is InChI=1S/C31H33N3O6/c35-29(26-14-7-8-15-27(26)33(38)39)32-18-9-19-34-20-16-23(17-21-34)28(22-34)40-30(36)31(37,24-10-3-1-4-11-24)25-12-5-2-6-13-25/h1-8,10-15,23,28H,9,16-22H2,(H,32,35). The second-order valence-electron chi connectivity index (χ2n) is 10.8. The van der Waals surface area contributed by atoms with E-state index < -0.39 is 22.4 Å². The average Bonchev–Trinajstić information content (AvgIpc) is 3.00. The van der Waals surface area contributed by atoms with Gasteiger partial charge in [0, 0.05) is 43.4 Å². The first-order chi connectivity index (χ1) is 19.3. The minimum Gasteiger partial charge on any atom is -0.834 e. The minimum absolute atomic E-state index is 0.0447. The second-order valence-corrected chi connectivity index (χ2v) is 10.8. The first-order valence-corrected chi connectivity index (χ1v) is 13.7. The zero-order chi connectivity index (χ0) is 28.2. The van der Waals surface area contributed by atoms with Crippen molar-refractivity contribution in [2.24, 2.45) is 5.92 Å². The highest BCUT2D eigenvalue weighted by atomic mass is 16.6. The maximum Gasteiger partial charge on any atom is 0.304 e. The Bertz CT molecular complexity index is 1320. The highest BCUT2D eigenvalue weighted by molar-refractivity contribution is 5.98. The van der Waals surface area contributed by atoms with Crippen LogP contribution in [0.15, 0.2) is 84.9 Å². The van der Waals surface area contributed by atoms with Crippen LogP contribution in [0.25, 0.3) is 0 Å². The van der Waals surface area contributed by atoms with Gasteiger partial charge in [-0.3, -0.25) is 19.7 Å². The number of amides is 1. The number of hydrogen-bond donors (Lipinski definition) is 1. The summed E-state index contributed by atoms with van der Waals surface area (Å²) in [7, 11) is 0. The summed E-state index contributed by atoms with van der Waals surface area (Å²) in [6, 6.07) is 23.2. The van der Waals surface area contributed by atoms with Crippen LogP contribution in [0.5, 0.6) is 0 Å². The van der Waals surface area contributed by atoms with Gasteiger partial charge in [0.25, 0.3) is 11.6 Å². The molecule has 3 fully saturated rings. The molecule has 3 saturated heterocycles. The molecule has 9 nitrogen and oxygen atoms in total. The van der Waals surface area contributed by atoms with Crippen LogP contribution in [0.1, 0.15) is 40.7 Å². The van der Waals surface area contributed by atoms with Crippen molar-refractivity contribution < 1.29 is 28.8 Å². The number of benzene rings is 3. The molecule has 3 aliphatic rings. The summed E-state index contributed by atoms with van der Waals surface area (Å²) >= 11 is 0. The summed E-state index contributed by atoms with van der Waals surface area (Å²) in [4.78, 5) is 36.9. The van der Waals surface area contributed by atoms with E-state index in [1.165, 1.54) is 18.2 Å². The molecule has 0 radical (unpaired) electrons. The molecule has 3 aromatic carbocycles. The number of nitro groups is 1. The fourth-order valence-corrected chi connectivity index (χ4v) is 6.17. The minimum atomic E-state index is -2.16. The summed E-state index contributed by atoms with van der Waals surface area (Å²) in [5.74, 6) is -1.03. The molecule has 0 aromatic heterocycles. The monoisotopic (exact) mass is 543 g/mol. The summed E-state index contributed by atoms with van der Waals surface area (Å²) in [5, 5.41) is 28.3. The van der Waals surface area contributed by atoms with Crippen molar-refractivity contribution in [3.63, 3.8) is 0 Å². The Morgan fingerprint density at radius 3 is 2.10 bits per heavy atom. The molecule has 0 spiro atoms. The molecule has 40 heavy (non-hydrogen) atoms. The molecule has 1 amide bonds. The fraction of sp³-hybridized carbons (Fsp3) is 0.355. The number of fused-ring (bicyclic) bond motifs is 3. The largest absolute Gasteiger partial charge is 0.834 e. The quantitative estimate of drug-likeness (QED) is 0.138. The zero-order valence-electron chi connectivity index (χ0n) is 22.2. The van der Waals surface area contributed by atoms with Crippen molar-refractivity contribution >= 4 is 17.6 Å². The lowest BCUT2D eigenvalue weighted by molar-refractivity contribution is -0.946. The maximum atomic E-state index is 14.3. The molecular formula is C31H33N3O6. The van der Waals surface area contributed by atoms with Crippen LogP contribution in [0.4, 0.5) is 5.69 Å². The van der Waals surface area contributed by atoms with Gasteiger partial charge in [0.15, 0.2) is 6.10 Å². The van der Waals surface area contributed by atoms with Gasteiger partial charge in [-0.25, -0.2) is 0 Å². The van der Waals surface area contributed by atoms with Crippen LogP contribution in [0.3, 0.4) is 0 Å². The number of nitrogens with zero attached hydrogens (tertiary/aromatic N) is 2. The van der Waals surface area contributed by atoms with Gasteiger partial charge in [0.1, 0.15) is 12.1 Å². The highest BCUT2D eigenvalue weighted by Crippen LogP contribution is 2.37. The lowest BCUT2D eigenvalue weighted by Gasteiger charge is -2.53. The van der Waals surface area contributed by atoms with Gasteiger partial charge in [-0.2, -0.15) is 0 Å². The van der Waals surface area contributed by atoms with Crippen molar-refractivity contribution in [2.75, 3.05) is 32.7 Å². The number of esters is 1. The Morgan fingerprint density at radius 1 is 0.925 bits per heavy atom. The van der Waals surface area contributed by atoms with E-state index >= 15 is 0 Å². The molecule has 3 aromatic rings. The lowest BCUT2D eigenvalue weighted by atomic mass is 9.82. The van der Waals surface area contributed by atoms with Crippen molar-refractivity contribution in [3.05, 3.63) is 112 Å². The molecule has 2 bridgehead atoms. The molecule has 6 rings (SSSR count). The van der Waals surface area contributed by atoms with Crippen LogP contribution >= 0.6 is 0 Å². The number of nitrogens with one attached hydrogen (secondary N) is 1. The third kappa shape index (κ3) is 5.48. The Kier molecular flexibility index (Phi) is 7.95. The maximum absolute atomic E-state index is 14.3. The molecule has 1 unspecified atom stereocenters. The molecule has 0 aliphatic carbocycles. The van der Waals surface area contributed by atoms with Crippen LogP contribution < -0.4 is 10.4 Å². The third-order valence-electron chi connectivity index (χ3n) is 8.39. The van der Waals surface area contributed by atoms with Crippen LogP contribution in [-0.2, 0) is 15.1 Å². The first-order valence-electron chi connectivity index (χ1n) is 13.7. The number of rotatable bonds is 10. The van der Waals surface area contributed by atoms with Gasteiger partial charge in [-0.05, 0) is 17.2 Å². The van der Waals surface area contributed by atoms with Crippen molar-refractivity contribution in [2.45, 2.75) is 31.0 Å². The Labute approximate surface area is 233 Å². The van der Waals surface area contributed by atoms with Gasteiger partial charge in [-0.1, -0.05) is 72.8 Å². The Morgan fingerprint density at radius 2 is 1.50 bits per heavy atom. The number of carbonyl (C=O) groups excluding carboxylic acids is 2. The number of hydrogen-bond acceptors (Lipinski definition) is 6. The molecule has 208 valence electrons. The lowest BCUT2D eigenvalue weighted by Crippen LogP contribution is -2.65. The van der Waals surface area contributed by atoms with Crippen LogP contribution in [0.2, 0.25) is 0 Å². The Balaban J connectivity index is 1.23. The zero-order valence-corrected chi connectivity index (χ0v) is 22.2. The summed E-state index contributed by atoms with van der Waals surface area (Å²) in [6.07, 6.45) is 2.14. The molecule has 3 aliphatic heterocycles. The molecule has 1 atom stereocenters. The van der Waals surface area contributed by atoms with Gasteiger partial charge >= 0.3 is 5.97 Å². The van der Waals surface area contributed by atoms with Gasteiger partial charge in [-0.15, -0.1) is 0 Å². The number of piperidine rings is 3. The van der Waals surface area contributed by atoms with E-state index in [1.54, 1.807) is 54.6 Å². The topological polar surface area (TPSA) is 122 Å². The third-order valence-corrected chi connectivity index (χ3v) is 8.39. The normalized spacial score (nSPS) is 21.9. The summed E-state index contributed by atoms with van der Waals surface area (Å²) in [5.41, 5.74) is -1.63. The molecule has 1 N–H and O–H groups in total. The predicted molar refractivity (Wildman–Crippen MR) is 146 cm³/mol. The van der Waals surface area contributed by atoms with Gasteiger partial charge in [0.05, 0.1) is 24.6 Å². The fourth-order valence-electron chi connectivity index (χ4n) is 6.17. The second kappa shape index (κ2) is 11.6.